The highest BCUT2D eigenvalue weighted by atomic mass is 31.2. The number of hydrogen-bond donors (Lipinski definition) is 5. The number of hydrogen-bond acceptors (Lipinski definition) is 11. The fraction of sp³-hybridized carbons (Fsp3) is 0.956. The fourth-order valence-electron chi connectivity index (χ4n) is 7.47. The Morgan fingerprint density at radius 1 is 0.525 bits per heavy atom. The molecule has 0 aromatic carbocycles. The highest BCUT2D eigenvalue weighted by Gasteiger charge is 2.45. The fourth-order valence-corrected chi connectivity index (χ4v) is 7.81. The maximum Gasteiger partial charge on any atom is 0.469 e. The van der Waals surface area contributed by atoms with Crippen LogP contribution in [0.1, 0.15) is 219 Å². The van der Waals surface area contributed by atoms with Crippen molar-refractivity contribution in [3.05, 3.63) is 0 Å². The average molecular weight is 867 g/mol. The molecule has 1 rings (SSSR count). The summed E-state index contributed by atoms with van der Waals surface area (Å²) in [4.78, 5) is 43.6. The molecule has 1 aliphatic heterocycles. The Bertz CT molecular complexity index is 1040. The van der Waals surface area contributed by atoms with Crippen molar-refractivity contribution in [2.45, 2.75) is 256 Å². The number of ether oxygens (including phenoxy) is 4. The van der Waals surface area contributed by atoms with Gasteiger partial charge in [-0.05, 0) is 12.8 Å². The van der Waals surface area contributed by atoms with Gasteiger partial charge in [0.25, 0.3) is 0 Å². The third kappa shape index (κ3) is 32.2. The second kappa shape index (κ2) is 37.4. The summed E-state index contributed by atoms with van der Waals surface area (Å²) in [7, 11) is -4.91. The lowest BCUT2D eigenvalue weighted by Gasteiger charge is -2.40. The van der Waals surface area contributed by atoms with Crippen molar-refractivity contribution in [1.82, 2.24) is 0 Å². The van der Waals surface area contributed by atoms with E-state index in [1.807, 2.05) is 0 Å². The molecule has 59 heavy (non-hydrogen) atoms. The molecule has 13 nitrogen and oxygen atoms in total. The lowest BCUT2D eigenvalue weighted by atomic mass is 9.99. The van der Waals surface area contributed by atoms with Crippen molar-refractivity contribution in [3.8, 4) is 0 Å². The van der Waals surface area contributed by atoms with Gasteiger partial charge in [0.05, 0.1) is 13.2 Å². The van der Waals surface area contributed by atoms with Crippen LogP contribution >= 0.6 is 7.82 Å². The smallest absolute Gasteiger partial charge is 0.462 e. The molecule has 0 aromatic heterocycles. The number of phosphoric ester groups is 1. The summed E-state index contributed by atoms with van der Waals surface area (Å²) in [6.07, 6.45) is 27.5. The number of phosphoric acid groups is 1. The van der Waals surface area contributed by atoms with E-state index < -0.39 is 63.2 Å². The number of aliphatic hydroxyl groups is 3. The van der Waals surface area contributed by atoms with E-state index in [2.05, 4.69) is 18.4 Å². The SMILES string of the molecule is CCCCCCCCCCCCCCCCCC(=O)OCC(COC1OC(COP(=O)(O)O)C(O)C(O)C1O)OC(=O)CCCCCCCCCCCCCCCCC. The van der Waals surface area contributed by atoms with Crippen molar-refractivity contribution in [3.63, 3.8) is 0 Å². The minimum atomic E-state index is -4.91. The number of carbonyl (C=O) groups is 2. The highest BCUT2D eigenvalue weighted by Crippen LogP contribution is 2.37. The Kier molecular flexibility index (Phi) is 35.4. The van der Waals surface area contributed by atoms with Gasteiger partial charge in [-0.2, -0.15) is 0 Å². The molecule has 6 unspecified atom stereocenters. The summed E-state index contributed by atoms with van der Waals surface area (Å²) in [5.41, 5.74) is 0. The average Bonchev–Trinajstić information content (AvgIpc) is 3.20. The van der Waals surface area contributed by atoms with E-state index in [1.165, 1.54) is 141 Å². The van der Waals surface area contributed by atoms with E-state index in [0.29, 0.717) is 12.8 Å². The molecule has 0 spiro atoms. The third-order valence-corrected chi connectivity index (χ3v) is 11.7. The Morgan fingerprint density at radius 3 is 1.29 bits per heavy atom. The molecule has 5 N–H and O–H groups in total. The van der Waals surface area contributed by atoms with Crippen LogP contribution in [0.25, 0.3) is 0 Å². The topological polar surface area (TPSA) is 199 Å². The zero-order valence-corrected chi connectivity index (χ0v) is 38.1. The second-order valence-electron chi connectivity index (χ2n) is 16.8. The van der Waals surface area contributed by atoms with Gasteiger partial charge in [-0.15, -0.1) is 0 Å². The van der Waals surface area contributed by atoms with Gasteiger partial charge in [-0.1, -0.05) is 194 Å². The van der Waals surface area contributed by atoms with Crippen LogP contribution < -0.4 is 0 Å². The van der Waals surface area contributed by atoms with Gasteiger partial charge in [0.2, 0.25) is 0 Å². The molecule has 1 aliphatic rings. The molecule has 0 aromatic rings. The van der Waals surface area contributed by atoms with Gasteiger partial charge in [0.1, 0.15) is 31.0 Å². The Morgan fingerprint density at radius 2 is 0.898 bits per heavy atom. The molecule has 350 valence electrons. The summed E-state index contributed by atoms with van der Waals surface area (Å²) >= 11 is 0. The van der Waals surface area contributed by atoms with Crippen LogP contribution in [0, 0.1) is 0 Å². The van der Waals surface area contributed by atoms with E-state index in [4.69, 9.17) is 28.7 Å². The van der Waals surface area contributed by atoms with Crippen molar-refractivity contribution >= 4 is 19.8 Å². The minimum Gasteiger partial charge on any atom is -0.462 e. The maximum atomic E-state index is 12.8. The minimum absolute atomic E-state index is 0.178. The largest absolute Gasteiger partial charge is 0.469 e. The van der Waals surface area contributed by atoms with Gasteiger partial charge in [0, 0.05) is 12.8 Å². The van der Waals surface area contributed by atoms with Gasteiger partial charge in [-0.25, -0.2) is 4.57 Å². The van der Waals surface area contributed by atoms with Crippen LogP contribution in [0.3, 0.4) is 0 Å². The standard InChI is InChI=1S/C45H87O13P/c1-3-5-7-9-11-13-15-17-19-21-23-25-27-29-31-33-40(46)54-35-38(36-55-45-44(50)43(49)42(48)39(58-45)37-56-59(51,52)53)57-41(47)34-32-30-28-26-24-22-20-18-16-14-12-10-8-6-4-2/h38-39,42-45,48-50H,3-37H2,1-2H3,(H2,51,52,53). The van der Waals surface area contributed by atoms with E-state index in [-0.39, 0.29) is 26.1 Å². The first-order valence-electron chi connectivity index (χ1n) is 23.8. The first-order chi connectivity index (χ1) is 28.5. The quantitative estimate of drug-likeness (QED) is 0.0221. The van der Waals surface area contributed by atoms with Crippen molar-refractivity contribution < 1.29 is 62.7 Å². The molecule has 6 atom stereocenters. The van der Waals surface area contributed by atoms with E-state index in [0.717, 1.165) is 38.5 Å². The molecule has 0 radical (unpaired) electrons. The number of unbranched alkanes of at least 4 members (excludes halogenated alkanes) is 28. The van der Waals surface area contributed by atoms with Crippen LogP contribution in [0.4, 0.5) is 0 Å². The monoisotopic (exact) mass is 867 g/mol. The van der Waals surface area contributed by atoms with E-state index in [9.17, 15) is 29.5 Å². The molecule has 1 saturated heterocycles. The predicted molar refractivity (Wildman–Crippen MR) is 231 cm³/mol. The van der Waals surface area contributed by atoms with Crippen LogP contribution in [0.2, 0.25) is 0 Å². The highest BCUT2D eigenvalue weighted by molar-refractivity contribution is 7.46. The van der Waals surface area contributed by atoms with Gasteiger partial charge < -0.3 is 44.1 Å². The van der Waals surface area contributed by atoms with Crippen LogP contribution in [-0.4, -0.2) is 93.7 Å². The molecule has 14 heteroatoms. The van der Waals surface area contributed by atoms with Crippen molar-refractivity contribution in [2.24, 2.45) is 0 Å². The van der Waals surface area contributed by atoms with Crippen LogP contribution in [0.15, 0.2) is 0 Å². The lowest BCUT2D eigenvalue weighted by molar-refractivity contribution is -0.304. The van der Waals surface area contributed by atoms with E-state index in [1.54, 1.807) is 0 Å². The summed E-state index contributed by atoms with van der Waals surface area (Å²) < 4.78 is 37.8. The number of esters is 2. The molecule has 0 bridgehead atoms. The molecule has 1 heterocycles. The summed E-state index contributed by atoms with van der Waals surface area (Å²) in [5, 5.41) is 31.1. The van der Waals surface area contributed by atoms with Crippen LogP contribution in [0.5, 0.6) is 0 Å². The Hall–Kier alpha value is -1.15. The van der Waals surface area contributed by atoms with Gasteiger partial charge in [0.15, 0.2) is 12.4 Å². The van der Waals surface area contributed by atoms with E-state index >= 15 is 0 Å². The van der Waals surface area contributed by atoms with Gasteiger partial charge >= 0.3 is 19.8 Å². The summed E-state index contributed by atoms with van der Waals surface area (Å²) in [6, 6.07) is 0. The first kappa shape index (κ1) is 55.9. The third-order valence-electron chi connectivity index (χ3n) is 11.2. The molecular formula is C45H87O13P. The molecular weight excluding hydrogens is 779 g/mol. The predicted octanol–water partition coefficient (Wildman–Crippen LogP) is 9.90. The van der Waals surface area contributed by atoms with Crippen LogP contribution in [-0.2, 0) is 37.6 Å². The van der Waals surface area contributed by atoms with Crippen molar-refractivity contribution in [2.75, 3.05) is 19.8 Å². The lowest BCUT2D eigenvalue weighted by Crippen LogP contribution is -2.59. The Balaban J connectivity index is 2.43. The number of carbonyl (C=O) groups excluding carboxylic acids is 2. The number of aliphatic hydroxyl groups excluding tert-OH is 3. The molecule has 0 saturated carbocycles. The van der Waals surface area contributed by atoms with Gasteiger partial charge in [-0.3, -0.25) is 14.1 Å². The maximum absolute atomic E-state index is 12.8. The second-order valence-corrected chi connectivity index (χ2v) is 18.1. The normalized spacial score (nSPS) is 20.2. The molecule has 0 aliphatic carbocycles. The zero-order valence-electron chi connectivity index (χ0n) is 37.2. The molecule has 0 amide bonds. The number of rotatable bonds is 41. The molecule has 1 fully saturated rings. The van der Waals surface area contributed by atoms with Crippen molar-refractivity contribution in [1.29, 1.82) is 0 Å². The summed E-state index contributed by atoms with van der Waals surface area (Å²) in [5.74, 6) is -0.912. The zero-order chi connectivity index (χ0) is 43.4. The first-order valence-corrected chi connectivity index (χ1v) is 25.4. The summed E-state index contributed by atoms with van der Waals surface area (Å²) in [6.45, 7) is 3.03. The Labute approximate surface area is 357 Å².